The summed E-state index contributed by atoms with van der Waals surface area (Å²) in [4.78, 5) is 14.5. The van der Waals surface area contributed by atoms with E-state index in [0.717, 1.165) is 35.7 Å². The van der Waals surface area contributed by atoms with Gasteiger partial charge in [-0.1, -0.05) is 23.7 Å². The van der Waals surface area contributed by atoms with Crippen LogP contribution in [-0.4, -0.2) is 17.9 Å². The van der Waals surface area contributed by atoms with Gasteiger partial charge in [0.2, 0.25) is 0 Å². The lowest BCUT2D eigenvalue weighted by Crippen LogP contribution is -2.17. The second-order valence-corrected chi connectivity index (χ2v) is 6.77. The molecular formula is C21H21ClN2O2. The maximum absolute atomic E-state index is 12.4. The number of rotatable bonds is 6. The van der Waals surface area contributed by atoms with Crippen LogP contribution in [0.1, 0.15) is 27.2 Å². The summed E-state index contributed by atoms with van der Waals surface area (Å²) in [6, 6.07) is 16.9. The number of hydrogen-bond donors (Lipinski definition) is 1. The van der Waals surface area contributed by atoms with Crippen LogP contribution in [0.25, 0.3) is 0 Å². The summed E-state index contributed by atoms with van der Waals surface area (Å²) in [6.07, 6.45) is 1.68. The fourth-order valence-electron chi connectivity index (χ4n) is 2.72. The molecule has 0 unspecified atom stereocenters. The van der Waals surface area contributed by atoms with Gasteiger partial charge in [0.1, 0.15) is 5.76 Å². The van der Waals surface area contributed by atoms with Gasteiger partial charge in [-0.3, -0.25) is 9.69 Å². The Labute approximate surface area is 158 Å². The normalized spacial score (nSPS) is 10.9. The highest BCUT2D eigenvalue weighted by atomic mass is 35.5. The predicted octanol–water partition coefficient (Wildman–Crippen LogP) is 5.13. The van der Waals surface area contributed by atoms with Crippen molar-refractivity contribution in [3.05, 3.63) is 88.3 Å². The molecule has 134 valence electrons. The summed E-state index contributed by atoms with van der Waals surface area (Å²) in [5, 5.41) is 3.58. The molecule has 0 saturated carbocycles. The van der Waals surface area contributed by atoms with E-state index in [1.165, 1.54) is 0 Å². The third-order valence-electron chi connectivity index (χ3n) is 4.09. The van der Waals surface area contributed by atoms with Crippen molar-refractivity contribution >= 4 is 23.2 Å². The summed E-state index contributed by atoms with van der Waals surface area (Å²) in [6.45, 7) is 3.43. The number of carbonyl (C=O) groups is 1. The molecule has 0 saturated heterocycles. The zero-order valence-electron chi connectivity index (χ0n) is 14.8. The number of anilines is 1. The van der Waals surface area contributed by atoms with Crippen LogP contribution in [0.4, 0.5) is 5.69 Å². The molecule has 0 bridgehead atoms. The lowest BCUT2D eigenvalue weighted by molar-refractivity contribution is 0.102. The molecule has 4 nitrogen and oxygen atoms in total. The van der Waals surface area contributed by atoms with Crippen molar-refractivity contribution in [3.8, 4) is 0 Å². The first-order chi connectivity index (χ1) is 12.5. The lowest BCUT2D eigenvalue weighted by atomic mass is 10.1. The first-order valence-corrected chi connectivity index (χ1v) is 8.76. The Balaban J connectivity index is 1.59. The van der Waals surface area contributed by atoms with Gasteiger partial charge in [-0.05, 0) is 67.6 Å². The van der Waals surface area contributed by atoms with Crippen LogP contribution in [0, 0.1) is 6.92 Å². The molecule has 26 heavy (non-hydrogen) atoms. The number of nitrogens with zero attached hydrogens (tertiary/aromatic N) is 1. The van der Waals surface area contributed by atoms with Crippen molar-refractivity contribution in [1.82, 2.24) is 4.90 Å². The molecule has 0 fully saturated rings. The number of hydrogen-bond acceptors (Lipinski definition) is 3. The van der Waals surface area contributed by atoms with E-state index in [4.69, 9.17) is 16.0 Å². The van der Waals surface area contributed by atoms with Gasteiger partial charge in [0, 0.05) is 22.8 Å². The Morgan fingerprint density at radius 1 is 1.12 bits per heavy atom. The van der Waals surface area contributed by atoms with Crippen molar-refractivity contribution in [2.45, 2.75) is 20.0 Å². The molecule has 3 rings (SSSR count). The maximum Gasteiger partial charge on any atom is 0.255 e. The van der Waals surface area contributed by atoms with Crippen LogP contribution < -0.4 is 5.32 Å². The molecule has 0 aliphatic heterocycles. The minimum Gasteiger partial charge on any atom is -0.468 e. The number of aryl methyl sites for hydroxylation is 1. The summed E-state index contributed by atoms with van der Waals surface area (Å²) < 4.78 is 5.36. The number of halogens is 1. The highest BCUT2D eigenvalue weighted by Gasteiger charge is 2.08. The Bertz CT molecular complexity index is 874. The van der Waals surface area contributed by atoms with E-state index in [2.05, 4.69) is 10.2 Å². The minimum absolute atomic E-state index is 0.137. The molecule has 0 radical (unpaired) electrons. The monoisotopic (exact) mass is 368 g/mol. The Morgan fingerprint density at radius 2 is 1.88 bits per heavy atom. The van der Waals surface area contributed by atoms with E-state index < -0.39 is 0 Å². The lowest BCUT2D eigenvalue weighted by Gasteiger charge is -2.15. The number of amides is 1. The largest absolute Gasteiger partial charge is 0.468 e. The molecule has 0 aliphatic carbocycles. The zero-order chi connectivity index (χ0) is 18.5. The first kappa shape index (κ1) is 18.2. The second-order valence-electron chi connectivity index (χ2n) is 6.37. The van der Waals surface area contributed by atoms with Crippen molar-refractivity contribution in [1.29, 1.82) is 0 Å². The molecule has 2 aromatic carbocycles. The second kappa shape index (κ2) is 8.21. The maximum atomic E-state index is 12.4. The first-order valence-electron chi connectivity index (χ1n) is 8.38. The van der Waals surface area contributed by atoms with Crippen molar-refractivity contribution < 1.29 is 9.21 Å². The van der Waals surface area contributed by atoms with Gasteiger partial charge in [-0.25, -0.2) is 0 Å². The Morgan fingerprint density at radius 3 is 2.54 bits per heavy atom. The number of nitrogens with one attached hydrogen (secondary N) is 1. The highest BCUT2D eigenvalue weighted by molar-refractivity contribution is 6.31. The molecule has 1 N–H and O–H groups in total. The molecular weight excluding hydrogens is 348 g/mol. The van der Waals surface area contributed by atoms with E-state index in [-0.39, 0.29) is 5.91 Å². The van der Waals surface area contributed by atoms with E-state index in [0.29, 0.717) is 10.6 Å². The quantitative estimate of drug-likeness (QED) is 0.656. The average Bonchev–Trinajstić information content (AvgIpc) is 3.11. The fraction of sp³-hybridized carbons (Fsp3) is 0.190. The SMILES string of the molecule is Cc1cc(NC(=O)c2ccc(CN(C)Cc3ccco3)cc2)ccc1Cl. The summed E-state index contributed by atoms with van der Waals surface area (Å²) in [7, 11) is 2.03. The summed E-state index contributed by atoms with van der Waals surface area (Å²) in [5.41, 5.74) is 3.42. The summed E-state index contributed by atoms with van der Waals surface area (Å²) in [5.74, 6) is 0.795. The third-order valence-corrected chi connectivity index (χ3v) is 4.51. The van der Waals surface area contributed by atoms with E-state index in [9.17, 15) is 4.79 Å². The predicted molar refractivity (Wildman–Crippen MR) is 104 cm³/mol. The van der Waals surface area contributed by atoms with Gasteiger partial charge in [-0.15, -0.1) is 0 Å². The van der Waals surface area contributed by atoms with Crippen molar-refractivity contribution in [2.24, 2.45) is 0 Å². The Kier molecular flexibility index (Phi) is 5.76. The average molecular weight is 369 g/mol. The summed E-state index contributed by atoms with van der Waals surface area (Å²) >= 11 is 6.02. The van der Waals surface area contributed by atoms with Gasteiger partial charge in [-0.2, -0.15) is 0 Å². The molecule has 0 aliphatic rings. The standard InChI is InChI=1S/C21H21ClN2O2/c1-15-12-18(9-10-20(15)22)23-21(25)17-7-5-16(6-8-17)13-24(2)14-19-4-3-11-26-19/h3-12H,13-14H2,1-2H3,(H,23,25). The fourth-order valence-corrected chi connectivity index (χ4v) is 2.84. The smallest absolute Gasteiger partial charge is 0.255 e. The van der Waals surface area contributed by atoms with Crippen LogP contribution in [0.5, 0.6) is 0 Å². The third kappa shape index (κ3) is 4.75. The molecule has 1 aromatic heterocycles. The molecule has 5 heteroatoms. The Hall–Kier alpha value is -2.56. The van der Waals surface area contributed by atoms with Crippen molar-refractivity contribution in [2.75, 3.05) is 12.4 Å². The van der Waals surface area contributed by atoms with Gasteiger partial charge in [0.25, 0.3) is 5.91 Å². The van der Waals surface area contributed by atoms with E-state index in [1.807, 2.05) is 56.4 Å². The van der Waals surface area contributed by atoms with Crippen LogP contribution in [-0.2, 0) is 13.1 Å². The highest BCUT2D eigenvalue weighted by Crippen LogP contribution is 2.20. The molecule has 0 spiro atoms. The van der Waals surface area contributed by atoms with Gasteiger partial charge >= 0.3 is 0 Å². The van der Waals surface area contributed by atoms with Crippen LogP contribution in [0.3, 0.4) is 0 Å². The van der Waals surface area contributed by atoms with Gasteiger partial charge in [0.15, 0.2) is 0 Å². The molecule has 3 aromatic rings. The molecule has 1 heterocycles. The van der Waals surface area contributed by atoms with Crippen molar-refractivity contribution in [3.63, 3.8) is 0 Å². The molecule has 0 atom stereocenters. The van der Waals surface area contributed by atoms with E-state index >= 15 is 0 Å². The number of benzene rings is 2. The zero-order valence-corrected chi connectivity index (χ0v) is 15.6. The molecule has 1 amide bonds. The van der Waals surface area contributed by atoms with Gasteiger partial charge in [0.05, 0.1) is 12.8 Å². The van der Waals surface area contributed by atoms with Gasteiger partial charge < -0.3 is 9.73 Å². The van der Waals surface area contributed by atoms with Crippen LogP contribution in [0.2, 0.25) is 5.02 Å². The minimum atomic E-state index is -0.137. The van der Waals surface area contributed by atoms with E-state index in [1.54, 1.807) is 18.4 Å². The van der Waals surface area contributed by atoms with Crippen LogP contribution in [0.15, 0.2) is 65.3 Å². The number of carbonyl (C=O) groups excluding carboxylic acids is 1. The number of furan rings is 1. The van der Waals surface area contributed by atoms with Crippen LogP contribution >= 0.6 is 11.6 Å². The topological polar surface area (TPSA) is 45.5 Å².